The largest absolute Gasteiger partial charge is 0.324 e. The highest BCUT2D eigenvalue weighted by Gasteiger charge is 2.04. The van der Waals surface area contributed by atoms with Gasteiger partial charge in [0.1, 0.15) is 11.9 Å². The molecule has 0 fully saturated rings. The van der Waals surface area contributed by atoms with E-state index in [0.29, 0.717) is 5.75 Å². The summed E-state index contributed by atoms with van der Waals surface area (Å²) in [6, 6.07) is 14.6. The monoisotopic (exact) mass is 286 g/mol. The molecule has 0 aromatic heterocycles. The summed E-state index contributed by atoms with van der Waals surface area (Å²) < 4.78 is 13.2. The van der Waals surface area contributed by atoms with E-state index in [4.69, 9.17) is 11.0 Å². The summed E-state index contributed by atoms with van der Waals surface area (Å²) in [5.74, 6) is 0.231. The molecule has 0 aliphatic heterocycles. The molecule has 0 amide bonds. The molecular formula is C16H15FN2S. The Bertz CT molecular complexity index is 630. The molecule has 2 rings (SSSR count). The molecule has 2 aromatic carbocycles. The second-order valence-electron chi connectivity index (χ2n) is 4.57. The van der Waals surface area contributed by atoms with Gasteiger partial charge in [0.2, 0.25) is 0 Å². The predicted octanol–water partition coefficient (Wildman–Crippen LogP) is 4.01. The van der Waals surface area contributed by atoms with Gasteiger partial charge in [0.15, 0.2) is 0 Å². The lowest BCUT2D eigenvalue weighted by Crippen LogP contribution is -2.04. The van der Waals surface area contributed by atoms with Crippen LogP contribution in [0.25, 0.3) is 0 Å². The standard InChI is InChI=1S/C16H15FN2S/c1-11(19)13-3-5-15(6-4-13)20-10-12-2-7-16(17)14(8-12)9-18/h2-8,11H,10,19H2,1H3. The summed E-state index contributed by atoms with van der Waals surface area (Å²) >= 11 is 1.65. The zero-order valence-electron chi connectivity index (χ0n) is 11.1. The van der Waals surface area contributed by atoms with Gasteiger partial charge in [-0.2, -0.15) is 5.26 Å². The molecule has 0 radical (unpaired) electrons. The maximum atomic E-state index is 13.2. The van der Waals surface area contributed by atoms with Crippen molar-refractivity contribution in [1.82, 2.24) is 0 Å². The second kappa shape index (κ2) is 6.56. The first kappa shape index (κ1) is 14.6. The van der Waals surface area contributed by atoms with Crippen molar-refractivity contribution >= 4 is 11.8 Å². The number of thioether (sulfide) groups is 1. The number of halogens is 1. The van der Waals surface area contributed by atoms with E-state index in [1.165, 1.54) is 6.07 Å². The first-order valence-electron chi connectivity index (χ1n) is 6.27. The quantitative estimate of drug-likeness (QED) is 0.864. The van der Waals surface area contributed by atoms with Gasteiger partial charge in [0.25, 0.3) is 0 Å². The first-order valence-corrected chi connectivity index (χ1v) is 7.25. The Kier molecular flexibility index (Phi) is 4.78. The van der Waals surface area contributed by atoms with Crippen molar-refractivity contribution < 1.29 is 4.39 Å². The molecule has 2 N–H and O–H groups in total. The smallest absolute Gasteiger partial charge is 0.140 e. The fraction of sp³-hybridized carbons (Fsp3) is 0.188. The van der Waals surface area contributed by atoms with E-state index in [1.807, 2.05) is 37.3 Å². The van der Waals surface area contributed by atoms with E-state index in [-0.39, 0.29) is 11.6 Å². The molecule has 20 heavy (non-hydrogen) atoms. The predicted molar refractivity (Wildman–Crippen MR) is 79.7 cm³/mol. The number of rotatable bonds is 4. The summed E-state index contributed by atoms with van der Waals surface area (Å²) in [6.07, 6.45) is 0. The zero-order chi connectivity index (χ0) is 14.5. The van der Waals surface area contributed by atoms with Crippen molar-refractivity contribution in [3.63, 3.8) is 0 Å². The Labute approximate surface area is 122 Å². The van der Waals surface area contributed by atoms with Gasteiger partial charge in [0, 0.05) is 16.7 Å². The van der Waals surface area contributed by atoms with Crippen LogP contribution in [0.15, 0.2) is 47.4 Å². The van der Waals surface area contributed by atoms with Crippen molar-refractivity contribution in [3.05, 3.63) is 65.0 Å². The molecule has 0 heterocycles. The lowest BCUT2D eigenvalue weighted by molar-refractivity contribution is 0.623. The van der Waals surface area contributed by atoms with Crippen molar-refractivity contribution in [2.75, 3.05) is 0 Å². The van der Waals surface area contributed by atoms with Crippen LogP contribution in [0.2, 0.25) is 0 Å². The normalized spacial score (nSPS) is 11.9. The molecule has 1 atom stereocenters. The molecule has 0 aliphatic carbocycles. The summed E-state index contributed by atoms with van der Waals surface area (Å²) in [5.41, 5.74) is 7.93. The summed E-state index contributed by atoms with van der Waals surface area (Å²) in [6.45, 7) is 1.95. The van der Waals surface area contributed by atoms with Crippen LogP contribution >= 0.6 is 11.8 Å². The molecule has 0 saturated carbocycles. The molecule has 1 unspecified atom stereocenters. The van der Waals surface area contributed by atoms with Gasteiger partial charge in [0.05, 0.1) is 5.56 Å². The average Bonchev–Trinajstić information content (AvgIpc) is 2.46. The molecule has 102 valence electrons. The summed E-state index contributed by atoms with van der Waals surface area (Å²) in [7, 11) is 0. The third-order valence-corrected chi connectivity index (χ3v) is 4.05. The van der Waals surface area contributed by atoms with Gasteiger partial charge in [-0.15, -0.1) is 11.8 Å². The van der Waals surface area contributed by atoms with Crippen LogP contribution in [0.3, 0.4) is 0 Å². The third-order valence-electron chi connectivity index (χ3n) is 2.96. The number of nitrogens with zero attached hydrogens (tertiary/aromatic N) is 1. The highest BCUT2D eigenvalue weighted by molar-refractivity contribution is 7.98. The average molecular weight is 286 g/mol. The van der Waals surface area contributed by atoms with Crippen LogP contribution < -0.4 is 5.73 Å². The highest BCUT2D eigenvalue weighted by Crippen LogP contribution is 2.25. The van der Waals surface area contributed by atoms with Crippen LogP contribution in [0, 0.1) is 17.1 Å². The minimum atomic E-state index is -0.470. The van der Waals surface area contributed by atoms with Gasteiger partial charge < -0.3 is 5.73 Å². The van der Waals surface area contributed by atoms with Crippen LogP contribution in [-0.4, -0.2) is 0 Å². The van der Waals surface area contributed by atoms with E-state index < -0.39 is 5.82 Å². The number of nitriles is 1. The topological polar surface area (TPSA) is 49.8 Å². The maximum Gasteiger partial charge on any atom is 0.140 e. The Balaban J connectivity index is 2.03. The van der Waals surface area contributed by atoms with E-state index >= 15 is 0 Å². The van der Waals surface area contributed by atoms with Crippen LogP contribution in [0.5, 0.6) is 0 Å². The molecule has 0 aliphatic rings. The molecule has 2 nitrogen and oxygen atoms in total. The van der Waals surface area contributed by atoms with E-state index in [0.717, 1.165) is 16.0 Å². The number of hydrogen-bond acceptors (Lipinski definition) is 3. The lowest BCUT2D eigenvalue weighted by Gasteiger charge is -2.07. The summed E-state index contributed by atoms with van der Waals surface area (Å²) in [5, 5.41) is 8.80. The fourth-order valence-corrected chi connectivity index (χ4v) is 2.62. The Morgan fingerprint density at radius 1 is 1.25 bits per heavy atom. The van der Waals surface area contributed by atoms with Gasteiger partial charge >= 0.3 is 0 Å². The summed E-state index contributed by atoms with van der Waals surface area (Å²) in [4.78, 5) is 1.12. The lowest BCUT2D eigenvalue weighted by atomic mass is 10.1. The molecule has 0 saturated heterocycles. The van der Waals surface area contributed by atoms with Gasteiger partial charge in [-0.1, -0.05) is 18.2 Å². The zero-order valence-corrected chi connectivity index (χ0v) is 12.0. The number of benzene rings is 2. The minimum Gasteiger partial charge on any atom is -0.324 e. The van der Waals surface area contributed by atoms with Crippen LogP contribution in [-0.2, 0) is 5.75 Å². The fourth-order valence-electron chi connectivity index (χ4n) is 1.78. The molecular weight excluding hydrogens is 271 g/mol. The SMILES string of the molecule is CC(N)c1ccc(SCc2ccc(F)c(C#N)c2)cc1. The molecule has 0 bridgehead atoms. The number of nitrogens with two attached hydrogens (primary N) is 1. The first-order chi connectivity index (χ1) is 9.60. The number of hydrogen-bond donors (Lipinski definition) is 1. The van der Waals surface area contributed by atoms with Crippen molar-refractivity contribution in [1.29, 1.82) is 5.26 Å². The van der Waals surface area contributed by atoms with Crippen molar-refractivity contribution in [3.8, 4) is 6.07 Å². The Morgan fingerprint density at radius 2 is 1.95 bits per heavy atom. The van der Waals surface area contributed by atoms with Crippen molar-refractivity contribution in [2.45, 2.75) is 23.6 Å². The van der Waals surface area contributed by atoms with E-state index in [1.54, 1.807) is 23.9 Å². The second-order valence-corrected chi connectivity index (χ2v) is 5.62. The molecule has 2 aromatic rings. The Hall–Kier alpha value is -1.83. The highest BCUT2D eigenvalue weighted by atomic mass is 32.2. The third kappa shape index (κ3) is 3.60. The minimum absolute atomic E-state index is 0.0318. The molecule has 0 spiro atoms. The van der Waals surface area contributed by atoms with Crippen molar-refractivity contribution in [2.24, 2.45) is 5.73 Å². The van der Waals surface area contributed by atoms with Crippen LogP contribution in [0.4, 0.5) is 4.39 Å². The van der Waals surface area contributed by atoms with E-state index in [9.17, 15) is 4.39 Å². The maximum absolute atomic E-state index is 13.2. The molecule has 4 heteroatoms. The van der Waals surface area contributed by atoms with Crippen LogP contribution in [0.1, 0.15) is 29.7 Å². The van der Waals surface area contributed by atoms with Gasteiger partial charge in [-0.05, 0) is 42.3 Å². The van der Waals surface area contributed by atoms with Gasteiger partial charge in [-0.3, -0.25) is 0 Å². The van der Waals surface area contributed by atoms with E-state index in [2.05, 4.69) is 0 Å². The van der Waals surface area contributed by atoms with Gasteiger partial charge in [-0.25, -0.2) is 4.39 Å². The Morgan fingerprint density at radius 3 is 2.55 bits per heavy atom.